The fourth-order valence-corrected chi connectivity index (χ4v) is 2.58. The van der Waals surface area contributed by atoms with Crippen molar-refractivity contribution in [1.29, 1.82) is 0 Å². The average Bonchev–Trinajstić information content (AvgIpc) is 2.11. The fraction of sp³-hybridized carbons (Fsp3) is 0.917. The van der Waals surface area contributed by atoms with Crippen molar-refractivity contribution < 1.29 is 17.9 Å². The van der Waals surface area contributed by atoms with Crippen LogP contribution in [0.15, 0.2) is 0 Å². The molecule has 8 heteroatoms. The van der Waals surface area contributed by atoms with Crippen LogP contribution in [0.2, 0.25) is 0 Å². The van der Waals surface area contributed by atoms with Gasteiger partial charge in [0.05, 0.1) is 5.54 Å². The molecular weight excluding hydrogens is 282 g/mol. The van der Waals surface area contributed by atoms with Gasteiger partial charge in [0.2, 0.25) is 0 Å². The second-order valence-corrected chi connectivity index (χ2v) is 8.81. The summed E-state index contributed by atoms with van der Waals surface area (Å²) in [6.45, 7) is 8.90. The Morgan fingerprint density at radius 2 is 1.55 bits per heavy atom. The fourth-order valence-electron chi connectivity index (χ4n) is 1.54. The topological polar surface area (TPSA) is 79.0 Å². The lowest BCUT2D eigenvalue weighted by atomic mass is 10.1. The van der Waals surface area contributed by atoms with Crippen LogP contribution in [0.25, 0.3) is 0 Å². The van der Waals surface area contributed by atoms with Gasteiger partial charge in [0, 0.05) is 27.7 Å². The van der Waals surface area contributed by atoms with Gasteiger partial charge in [0.1, 0.15) is 5.60 Å². The maximum atomic E-state index is 11.9. The summed E-state index contributed by atoms with van der Waals surface area (Å²) in [4.78, 5) is 11.7. The molecule has 0 aliphatic carbocycles. The summed E-state index contributed by atoms with van der Waals surface area (Å²) < 4.78 is 31.3. The highest BCUT2D eigenvalue weighted by molar-refractivity contribution is 7.86. The maximum Gasteiger partial charge on any atom is 0.408 e. The molecule has 0 bridgehead atoms. The number of alkyl carbamates (subject to hydrolysis) is 1. The monoisotopic (exact) mass is 309 g/mol. The third kappa shape index (κ3) is 6.53. The highest BCUT2D eigenvalue weighted by atomic mass is 32.2. The van der Waals surface area contributed by atoms with Gasteiger partial charge in [-0.3, -0.25) is 0 Å². The summed E-state index contributed by atoms with van der Waals surface area (Å²) in [5.74, 6) is 0. The van der Waals surface area contributed by atoms with Crippen molar-refractivity contribution >= 4 is 16.3 Å². The Balaban J connectivity index is 4.72. The van der Waals surface area contributed by atoms with Gasteiger partial charge in [0.15, 0.2) is 0 Å². The summed E-state index contributed by atoms with van der Waals surface area (Å²) in [7, 11) is 0.877. The SMILES string of the molecule is CN(C)S(=O)(=O)N(C)CC(C)(C)NC(=O)OC(C)(C)C. The van der Waals surface area contributed by atoms with Crippen molar-refractivity contribution in [3.63, 3.8) is 0 Å². The molecule has 0 rings (SSSR count). The molecule has 0 spiro atoms. The van der Waals surface area contributed by atoms with Crippen LogP contribution in [0.4, 0.5) is 4.79 Å². The van der Waals surface area contributed by atoms with Crippen LogP contribution >= 0.6 is 0 Å². The molecule has 1 N–H and O–H groups in total. The number of rotatable bonds is 5. The van der Waals surface area contributed by atoms with Crippen LogP contribution in [0.3, 0.4) is 0 Å². The Hall–Kier alpha value is -0.860. The minimum Gasteiger partial charge on any atom is -0.444 e. The number of likely N-dealkylation sites (N-methyl/N-ethyl adjacent to an activating group) is 1. The van der Waals surface area contributed by atoms with Crippen molar-refractivity contribution in [2.75, 3.05) is 27.7 Å². The Morgan fingerprint density at radius 3 is 1.90 bits per heavy atom. The molecule has 0 saturated heterocycles. The first-order chi connectivity index (χ1) is 8.67. The predicted octanol–water partition coefficient (Wildman–Crippen LogP) is 1.03. The molecule has 120 valence electrons. The maximum absolute atomic E-state index is 11.9. The molecule has 0 aliphatic rings. The minimum absolute atomic E-state index is 0.132. The molecule has 20 heavy (non-hydrogen) atoms. The van der Waals surface area contributed by atoms with Gasteiger partial charge in [-0.15, -0.1) is 0 Å². The van der Waals surface area contributed by atoms with E-state index in [0.717, 1.165) is 4.31 Å². The van der Waals surface area contributed by atoms with E-state index >= 15 is 0 Å². The molecular formula is C12H27N3O4S. The van der Waals surface area contributed by atoms with E-state index < -0.39 is 27.4 Å². The van der Waals surface area contributed by atoms with Crippen LogP contribution < -0.4 is 5.32 Å². The molecule has 0 aliphatic heterocycles. The number of amides is 1. The van der Waals surface area contributed by atoms with Gasteiger partial charge >= 0.3 is 6.09 Å². The van der Waals surface area contributed by atoms with Crippen LogP contribution in [-0.4, -0.2) is 61.9 Å². The van der Waals surface area contributed by atoms with Crippen molar-refractivity contribution in [2.24, 2.45) is 0 Å². The van der Waals surface area contributed by atoms with Crippen molar-refractivity contribution in [3.8, 4) is 0 Å². The first kappa shape index (κ1) is 19.1. The molecule has 7 nitrogen and oxygen atoms in total. The zero-order chi connectivity index (χ0) is 16.4. The van der Waals surface area contributed by atoms with Crippen LogP contribution in [-0.2, 0) is 14.9 Å². The first-order valence-electron chi connectivity index (χ1n) is 6.32. The zero-order valence-corrected chi connectivity index (χ0v) is 14.5. The van der Waals surface area contributed by atoms with Crippen LogP contribution in [0.1, 0.15) is 34.6 Å². The lowest BCUT2D eigenvalue weighted by molar-refractivity contribution is 0.0464. The molecule has 0 radical (unpaired) electrons. The third-order valence-corrected chi connectivity index (χ3v) is 4.15. The van der Waals surface area contributed by atoms with Gasteiger partial charge < -0.3 is 10.1 Å². The molecule has 0 aromatic heterocycles. The van der Waals surface area contributed by atoms with E-state index in [1.807, 2.05) is 0 Å². The molecule has 0 atom stereocenters. The molecule has 0 fully saturated rings. The van der Waals surface area contributed by atoms with E-state index in [-0.39, 0.29) is 6.54 Å². The number of nitrogens with zero attached hydrogens (tertiary/aromatic N) is 2. The highest BCUT2D eigenvalue weighted by Crippen LogP contribution is 2.12. The normalized spacial score (nSPS) is 13.7. The molecule has 0 heterocycles. The lowest BCUT2D eigenvalue weighted by Gasteiger charge is -2.32. The number of hydrogen-bond acceptors (Lipinski definition) is 4. The van der Waals surface area contributed by atoms with Crippen LogP contribution in [0, 0.1) is 0 Å². The molecule has 1 amide bonds. The standard InChI is InChI=1S/C12H27N3O4S/c1-11(2,3)19-10(16)13-12(4,5)9-15(8)20(17,18)14(6)7/h9H2,1-8H3,(H,13,16). The lowest BCUT2D eigenvalue weighted by Crippen LogP contribution is -2.54. The van der Waals surface area contributed by atoms with Crippen molar-refractivity contribution in [3.05, 3.63) is 0 Å². The third-order valence-electron chi connectivity index (χ3n) is 2.31. The summed E-state index contributed by atoms with van der Waals surface area (Å²) in [5.41, 5.74) is -1.35. The molecule has 0 unspecified atom stereocenters. The largest absolute Gasteiger partial charge is 0.444 e. The Labute approximate surface area is 122 Å². The van der Waals surface area contributed by atoms with E-state index in [1.165, 1.54) is 25.4 Å². The van der Waals surface area contributed by atoms with Gasteiger partial charge in [-0.25, -0.2) is 4.79 Å². The summed E-state index contributed by atoms with van der Waals surface area (Å²) in [6.07, 6.45) is -0.571. The summed E-state index contributed by atoms with van der Waals surface area (Å²) in [5, 5.41) is 2.67. The number of carbonyl (C=O) groups excluding carboxylic acids is 1. The predicted molar refractivity (Wildman–Crippen MR) is 78.7 cm³/mol. The Kier molecular flexibility index (Phi) is 6.01. The van der Waals surface area contributed by atoms with E-state index in [2.05, 4.69) is 5.32 Å². The first-order valence-corrected chi connectivity index (χ1v) is 7.72. The Morgan fingerprint density at radius 1 is 1.10 bits per heavy atom. The Bertz CT molecular complexity index is 438. The molecule has 0 aromatic rings. The number of hydrogen-bond donors (Lipinski definition) is 1. The van der Waals surface area contributed by atoms with Crippen LogP contribution in [0.5, 0.6) is 0 Å². The quantitative estimate of drug-likeness (QED) is 0.822. The zero-order valence-electron chi connectivity index (χ0n) is 13.6. The average molecular weight is 309 g/mol. The van der Waals surface area contributed by atoms with E-state index in [0.29, 0.717) is 0 Å². The van der Waals surface area contributed by atoms with Crippen molar-refractivity contribution in [2.45, 2.75) is 45.8 Å². The minimum atomic E-state index is -3.51. The van der Waals surface area contributed by atoms with E-state index in [9.17, 15) is 13.2 Å². The van der Waals surface area contributed by atoms with Gasteiger partial charge in [0.25, 0.3) is 10.2 Å². The number of carbonyl (C=O) groups is 1. The summed E-state index contributed by atoms with van der Waals surface area (Å²) >= 11 is 0. The second kappa shape index (κ2) is 6.28. The highest BCUT2D eigenvalue weighted by Gasteiger charge is 2.30. The van der Waals surface area contributed by atoms with E-state index in [1.54, 1.807) is 34.6 Å². The summed E-state index contributed by atoms with van der Waals surface area (Å²) in [6, 6.07) is 0. The van der Waals surface area contributed by atoms with Gasteiger partial charge in [-0.1, -0.05) is 0 Å². The number of nitrogens with one attached hydrogen (secondary N) is 1. The molecule has 0 saturated carbocycles. The smallest absolute Gasteiger partial charge is 0.408 e. The second-order valence-electron chi connectivity index (χ2n) is 6.56. The van der Waals surface area contributed by atoms with Gasteiger partial charge in [-0.2, -0.15) is 17.0 Å². The van der Waals surface area contributed by atoms with Crippen molar-refractivity contribution in [1.82, 2.24) is 13.9 Å². The number of ether oxygens (including phenoxy) is 1. The van der Waals surface area contributed by atoms with Gasteiger partial charge in [-0.05, 0) is 34.6 Å². The molecule has 0 aromatic carbocycles. The van der Waals surface area contributed by atoms with E-state index in [4.69, 9.17) is 4.74 Å².